The number of nitrogens with zero attached hydrogens (tertiary/aromatic N) is 3. The molecular weight excluding hydrogens is 633 g/mol. The zero-order valence-electron chi connectivity index (χ0n) is 26.1. The van der Waals surface area contributed by atoms with E-state index in [4.69, 9.17) is 4.74 Å². The van der Waals surface area contributed by atoms with Crippen molar-refractivity contribution < 1.29 is 39.9 Å². The largest absolute Gasteiger partial charge is 0.380 e. The minimum Gasteiger partial charge on any atom is -0.380 e. The number of aromatic nitrogens is 1. The lowest BCUT2D eigenvalue weighted by Gasteiger charge is -2.33. The quantitative estimate of drug-likeness (QED) is 0.191. The number of pyridine rings is 1. The van der Waals surface area contributed by atoms with Crippen LogP contribution in [0.1, 0.15) is 68.3 Å². The molecule has 1 aromatic carbocycles. The Labute approximate surface area is 266 Å². The van der Waals surface area contributed by atoms with Gasteiger partial charge in [0, 0.05) is 45.6 Å². The SMILES string of the molecule is CCCCOC[C@@H](C)S(=O)(=O)Nc1ccc(C(=O)Nc2cc(C)c(F)c(N3CCC(F)(F)CC3)n2)c(N2CCC(=C(F)F)CC2)c1. The van der Waals surface area contributed by atoms with Crippen LogP contribution in [-0.4, -0.2) is 69.9 Å². The molecule has 0 aliphatic carbocycles. The van der Waals surface area contributed by atoms with Gasteiger partial charge in [0.2, 0.25) is 10.0 Å². The zero-order valence-corrected chi connectivity index (χ0v) is 27.0. The van der Waals surface area contributed by atoms with E-state index < -0.39 is 51.8 Å². The van der Waals surface area contributed by atoms with Crippen molar-refractivity contribution in [2.24, 2.45) is 0 Å². The molecule has 2 N–H and O–H groups in total. The molecule has 15 heteroatoms. The zero-order chi connectivity index (χ0) is 33.6. The number of amides is 1. The molecule has 46 heavy (non-hydrogen) atoms. The van der Waals surface area contributed by atoms with Gasteiger partial charge in [-0.1, -0.05) is 13.3 Å². The minimum atomic E-state index is -3.88. The van der Waals surface area contributed by atoms with Gasteiger partial charge in [0.05, 0.1) is 23.5 Å². The second-order valence-electron chi connectivity index (χ2n) is 11.7. The first-order valence-corrected chi connectivity index (χ1v) is 16.9. The van der Waals surface area contributed by atoms with Gasteiger partial charge >= 0.3 is 0 Å². The molecule has 0 bridgehead atoms. The summed E-state index contributed by atoms with van der Waals surface area (Å²) in [6.07, 6.45) is -0.811. The maximum atomic E-state index is 15.0. The van der Waals surface area contributed by atoms with Gasteiger partial charge in [0.1, 0.15) is 11.1 Å². The number of piperidine rings is 2. The number of carbonyl (C=O) groups excluding carboxylic acids is 1. The van der Waals surface area contributed by atoms with E-state index in [2.05, 4.69) is 15.0 Å². The summed E-state index contributed by atoms with van der Waals surface area (Å²) >= 11 is 0. The van der Waals surface area contributed by atoms with E-state index in [-0.39, 0.29) is 79.7 Å². The fourth-order valence-corrected chi connectivity index (χ4v) is 6.18. The third-order valence-corrected chi connectivity index (χ3v) is 9.88. The van der Waals surface area contributed by atoms with Crippen molar-refractivity contribution in [2.45, 2.75) is 70.5 Å². The molecule has 3 heterocycles. The molecule has 4 rings (SSSR count). The van der Waals surface area contributed by atoms with E-state index in [1.54, 1.807) is 4.90 Å². The summed E-state index contributed by atoms with van der Waals surface area (Å²) in [5.74, 6) is -4.33. The predicted octanol–water partition coefficient (Wildman–Crippen LogP) is 6.71. The molecule has 0 spiro atoms. The van der Waals surface area contributed by atoms with Crippen LogP contribution in [0.5, 0.6) is 0 Å². The molecule has 2 saturated heterocycles. The van der Waals surface area contributed by atoms with E-state index >= 15 is 4.39 Å². The van der Waals surface area contributed by atoms with Crippen LogP contribution in [0.25, 0.3) is 0 Å². The number of hydrogen-bond donors (Lipinski definition) is 2. The molecule has 2 aromatic rings. The van der Waals surface area contributed by atoms with Crippen molar-refractivity contribution in [1.29, 1.82) is 0 Å². The normalized spacial score (nSPS) is 17.5. The van der Waals surface area contributed by atoms with Gasteiger partial charge in [0.15, 0.2) is 11.6 Å². The minimum absolute atomic E-state index is 0.00720. The number of hydrogen-bond acceptors (Lipinski definition) is 7. The summed E-state index contributed by atoms with van der Waals surface area (Å²) < 4.78 is 103. The van der Waals surface area contributed by atoms with Gasteiger partial charge < -0.3 is 19.9 Å². The lowest BCUT2D eigenvalue weighted by atomic mass is 10.0. The molecule has 2 aliphatic heterocycles. The number of benzene rings is 1. The Morgan fingerprint density at radius 3 is 2.39 bits per heavy atom. The van der Waals surface area contributed by atoms with Crippen LogP contribution in [0.4, 0.5) is 45.0 Å². The van der Waals surface area contributed by atoms with Crippen LogP contribution >= 0.6 is 0 Å². The van der Waals surface area contributed by atoms with Crippen LogP contribution in [0, 0.1) is 12.7 Å². The molecule has 0 radical (unpaired) electrons. The first-order chi connectivity index (χ1) is 21.7. The summed E-state index contributed by atoms with van der Waals surface area (Å²) in [7, 11) is -3.88. The summed E-state index contributed by atoms with van der Waals surface area (Å²) in [6, 6.07) is 5.62. The van der Waals surface area contributed by atoms with Crippen molar-refractivity contribution in [3.05, 3.63) is 52.9 Å². The van der Waals surface area contributed by atoms with E-state index in [1.807, 2.05) is 6.92 Å². The summed E-state index contributed by atoms with van der Waals surface area (Å²) in [5.41, 5.74) is 0.754. The smallest absolute Gasteiger partial charge is 0.269 e. The van der Waals surface area contributed by atoms with Crippen molar-refractivity contribution in [3.63, 3.8) is 0 Å². The number of sulfonamides is 1. The molecule has 2 fully saturated rings. The van der Waals surface area contributed by atoms with Crippen LogP contribution in [0.3, 0.4) is 0 Å². The van der Waals surface area contributed by atoms with Crippen molar-refractivity contribution >= 4 is 38.9 Å². The van der Waals surface area contributed by atoms with Crippen LogP contribution in [-0.2, 0) is 14.8 Å². The molecule has 1 aromatic heterocycles. The first-order valence-electron chi connectivity index (χ1n) is 15.3. The average molecular weight is 674 g/mol. The van der Waals surface area contributed by atoms with Gasteiger partial charge in [-0.3, -0.25) is 9.52 Å². The highest BCUT2D eigenvalue weighted by Crippen LogP contribution is 2.34. The molecule has 254 valence electrons. The molecule has 1 atom stereocenters. The molecule has 1 amide bonds. The van der Waals surface area contributed by atoms with Gasteiger partial charge in [-0.25, -0.2) is 26.6 Å². The van der Waals surface area contributed by atoms with Crippen LogP contribution < -0.4 is 19.8 Å². The van der Waals surface area contributed by atoms with Gasteiger partial charge in [-0.05, 0) is 68.5 Å². The molecule has 0 unspecified atom stereocenters. The van der Waals surface area contributed by atoms with Crippen LogP contribution in [0.15, 0.2) is 35.9 Å². The number of ether oxygens (including phenoxy) is 1. The Morgan fingerprint density at radius 1 is 1.09 bits per heavy atom. The fraction of sp³-hybridized carbons (Fsp3) is 0.548. The summed E-state index contributed by atoms with van der Waals surface area (Å²) in [4.78, 5) is 21.0. The number of nitrogens with one attached hydrogen (secondary N) is 2. The van der Waals surface area contributed by atoms with E-state index in [1.165, 1.54) is 43.0 Å². The maximum absolute atomic E-state index is 15.0. The summed E-state index contributed by atoms with van der Waals surface area (Å²) in [6.45, 7) is 5.51. The molecule has 9 nitrogen and oxygen atoms in total. The molecule has 2 aliphatic rings. The van der Waals surface area contributed by atoms with Gasteiger partial charge in [-0.15, -0.1) is 0 Å². The number of anilines is 4. The van der Waals surface area contributed by atoms with Crippen molar-refractivity contribution in [3.8, 4) is 0 Å². The topological polar surface area (TPSA) is 104 Å². The first kappa shape index (κ1) is 35.4. The number of rotatable bonds is 12. The lowest BCUT2D eigenvalue weighted by Crippen LogP contribution is -2.40. The highest BCUT2D eigenvalue weighted by molar-refractivity contribution is 7.93. The Bertz CT molecular complexity index is 1530. The summed E-state index contributed by atoms with van der Waals surface area (Å²) in [5, 5.41) is 1.77. The molecular formula is C31H40F5N5O4S. The Morgan fingerprint density at radius 2 is 1.76 bits per heavy atom. The Kier molecular flexibility index (Phi) is 11.5. The predicted molar refractivity (Wildman–Crippen MR) is 168 cm³/mol. The van der Waals surface area contributed by atoms with Crippen LogP contribution in [0.2, 0.25) is 0 Å². The third kappa shape index (κ3) is 8.87. The van der Waals surface area contributed by atoms with Gasteiger partial charge in [0.25, 0.3) is 17.9 Å². The highest BCUT2D eigenvalue weighted by Gasteiger charge is 2.35. The highest BCUT2D eigenvalue weighted by atomic mass is 32.2. The second-order valence-corrected chi connectivity index (χ2v) is 13.8. The van der Waals surface area contributed by atoms with Crippen molar-refractivity contribution in [1.82, 2.24) is 4.98 Å². The Hall–Kier alpha value is -3.46. The van der Waals surface area contributed by atoms with E-state index in [0.717, 1.165) is 12.8 Å². The third-order valence-electron chi connectivity index (χ3n) is 8.16. The number of alkyl halides is 2. The lowest BCUT2D eigenvalue weighted by molar-refractivity contribution is -0.0222. The van der Waals surface area contributed by atoms with Gasteiger partial charge in [-0.2, -0.15) is 8.78 Å². The number of unbranched alkanes of at least 4 members (excludes halogenated alkanes) is 1. The monoisotopic (exact) mass is 673 g/mol. The van der Waals surface area contributed by atoms with E-state index in [9.17, 15) is 30.8 Å². The Balaban J connectivity index is 1.60. The number of aryl methyl sites for hydroxylation is 1. The number of halogens is 5. The maximum Gasteiger partial charge on any atom is 0.269 e. The van der Waals surface area contributed by atoms with Crippen molar-refractivity contribution in [2.75, 3.05) is 59.2 Å². The van der Waals surface area contributed by atoms with E-state index in [0.29, 0.717) is 12.3 Å². The second kappa shape index (κ2) is 15.0. The molecule has 0 saturated carbocycles. The average Bonchev–Trinajstić information content (AvgIpc) is 3.00. The number of carbonyl (C=O) groups is 1. The standard InChI is InChI=1S/C31H40F5N5O4S/c1-4-5-16-45-19-21(3)46(43,44)39-23-6-7-24(25(18-23)40-12-8-22(9-13-40)28(33)34)30(42)38-26-17-20(2)27(32)29(37-26)41-14-10-31(35,36)11-15-41/h6-7,17-18,21,39H,4-5,8-16,19H2,1-3H3,(H,37,38,42)/t21-/m1/s1. The fourth-order valence-electron chi connectivity index (χ4n) is 5.25.